The van der Waals surface area contributed by atoms with Gasteiger partial charge in [-0.25, -0.2) is 0 Å². The number of phenolic OH excluding ortho intramolecular Hbond substituents is 1. The van der Waals surface area contributed by atoms with E-state index in [1.807, 2.05) is 12.1 Å². The van der Waals surface area contributed by atoms with Gasteiger partial charge in [0.05, 0.1) is 6.10 Å². The third kappa shape index (κ3) is 6.08. The van der Waals surface area contributed by atoms with Crippen LogP contribution in [0.4, 0.5) is 0 Å². The fraction of sp³-hybridized carbons (Fsp3) is 0.767. The van der Waals surface area contributed by atoms with Crippen LogP contribution in [0.2, 0.25) is 0 Å². The predicted molar refractivity (Wildman–Crippen MR) is 145 cm³/mol. The number of nitrogens with one attached hydrogen (secondary N) is 1. The average Bonchev–Trinajstić information content (AvgIpc) is 3.16. The minimum Gasteiger partial charge on any atom is -0.508 e. The van der Waals surface area contributed by atoms with Gasteiger partial charge in [0.25, 0.3) is 0 Å². The zero-order valence-electron chi connectivity index (χ0n) is 22.6. The van der Waals surface area contributed by atoms with Crippen molar-refractivity contribution in [3.8, 4) is 5.75 Å². The maximum absolute atomic E-state index is 12.4. The Hall–Kier alpha value is -1.63. The average molecular weight is 500 g/mol. The van der Waals surface area contributed by atoms with Gasteiger partial charge in [-0.05, 0) is 137 Å². The Labute approximate surface area is 218 Å². The van der Waals surface area contributed by atoms with Crippen LogP contribution >= 0.6 is 0 Å². The SMILES string of the molecule is CN(CCCN)CCCNC(=O)CCCC[C@@H]1Cc2cc(O)ccc2[C@H]2CC[C@]3(C)[C@@H](O)CC[C@H]3[C@H]12. The molecule has 5 N–H and O–H groups in total. The molecule has 2 saturated carbocycles. The number of hydrogen-bond donors (Lipinski definition) is 4. The molecule has 1 amide bonds. The third-order valence-electron chi connectivity index (χ3n) is 9.85. The van der Waals surface area contributed by atoms with Crippen molar-refractivity contribution in [2.75, 3.05) is 33.2 Å². The van der Waals surface area contributed by atoms with Crippen molar-refractivity contribution in [1.29, 1.82) is 0 Å². The molecule has 1 aromatic carbocycles. The number of fused-ring (bicyclic) bond motifs is 5. The number of benzene rings is 1. The van der Waals surface area contributed by atoms with Crippen molar-refractivity contribution in [2.45, 2.75) is 89.6 Å². The van der Waals surface area contributed by atoms with E-state index in [1.54, 1.807) is 0 Å². The number of aliphatic hydroxyl groups excluding tert-OH is 1. The molecule has 1 aromatic rings. The highest BCUT2D eigenvalue weighted by atomic mass is 16.3. The van der Waals surface area contributed by atoms with Crippen molar-refractivity contribution in [3.05, 3.63) is 29.3 Å². The first-order valence-corrected chi connectivity index (χ1v) is 14.5. The Balaban J connectivity index is 1.28. The highest BCUT2D eigenvalue weighted by Crippen LogP contribution is 2.62. The Morgan fingerprint density at radius 1 is 1.17 bits per heavy atom. The zero-order valence-corrected chi connectivity index (χ0v) is 22.6. The molecule has 0 aliphatic heterocycles. The Morgan fingerprint density at radius 3 is 2.78 bits per heavy atom. The number of rotatable bonds is 12. The van der Waals surface area contributed by atoms with Crippen molar-refractivity contribution < 1.29 is 15.0 Å². The number of unbranched alkanes of at least 4 members (excludes halogenated alkanes) is 1. The highest BCUT2D eigenvalue weighted by Gasteiger charge is 2.56. The maximum Gasteiger partial charge on any atom is 0.219 e. The predicted octanol–water partition coefficient (Wildman–Crippen LogP) is 4.18. The molecule has 6 heteroatoms. The molecule has 0 spiro atoms. The number of aliphatic hydroxyl groups is 1. The van der Waals surface area contributed by atoms with Crippen LogP contribution in [-0.2, 0) is 11.2 Å². The van der Waals surface area contributed by atoms with Gasteiger partial charge < -0.3 is 26.2 Å². The summed E-state index contributed by atoms with van der Waals surface area (Å²) in [6, 6.07) is 5.99. The number of amides is 1. The molecule has 0 bridgehead atoms. The van der Waals surface area contributed by atoms with Crippen LogP contribution in [0, 0.1) is 23.2 Å². The van der Waals surface area contributed by atoms with Gasteiger partial charge in [-0.15, -0.1) is 0 Å². The van der Waals surface area contributed by atoms with Crippen molar-refractivity contribution in [3.63, 3.8) is 0 Å². The maximum atomic E-state index is 12.4. The molecule has 6 atom stereocenters. The van der Waals surface area contributed by atoms with E-state index in [0.717, 1.165) is 90.4 Å². The molecule has 0 aromatic heterocycles. The second kappa shape index (κ2) is 12.3. The van der Waals surface area contributed by atoms with Gasteiger partial charge in [-0.2, -0.15) is 0 Å². The smallest absolute Gasteiger partial charge is 0.219 e. The Morgan fingerprint density at radius 2 is 1.97 bits per heavy atom. The fourth-order valence-electron chi connectivity index (χ4n) is 7.86. The molecule has 2 fully saturated rings. The Bertz CT molecular complexity index is 877. The summed E-state index contributed by atoms with van der Waals surface area (Å²) in [4.78, 5) is 14.6. The van der Waals surface area contributed by atoms with Crippen LogP contribution in [0.1, 0.15) is 88.2 Å². The number of phenols is 1. The molecule has 0 heterocycles. The van der Waals surface area contributed by atoms with E-state index in [4.69, 9.17) is 5.73 Å². The fourth-order valence-corrected chi connectivity index (χ4v) is 7.86. The second-order valence-electron chi connectivity index (χ2n) is 12.2. The molecule has 0 saturated heterocycles. The molecular weight excluding hydrogens is 450 g/mol. The van der Waals surface area contributed by atoms with Gasteiger partial charge >= 0.3 is 0 Å². The summed E-state index contributed by atoms with van der Waals surface area (Å²) in [6.45, 7) is 5.78. The lowest BCUT2D eigenvalue weighted by atomic mass is 9.52. The van der Waals surface area contributed by atoms with Gasteiger partial charge in [0, 0.05) is 13.0 Å². The van der Waals surface area contributed by atoms with E-state index < -0.39 is 0 Å². The molecule has 3 aliphatic rings. The topological polar surface area (TPSA) is 98.8 Å². The van der Waals surface area contributed by atoms with E-state index in [9.17, 15) is 15.0 Å². The van der Waals surface area contributed by atoms with E-state index in [-0.39, 0.29) is 17.4 Å². The minimum absolute atomic E-state index is 0.0477. The van der Waals surface area contributed by atoms with Crippen LogP contribution in [-0.4, -0.2) is 60.4 Å². The summed E-state index contributed by atoms with van der Waals surface area (Å²) in [5.41, 5.74) is 8.37. The summed E-state index contributed by atoms with van der Waals surface area (Å²) in [5, 5.41) is 24.1. The van der Waals surface area contributed by atoms with Crippen LogP contribution in [0.5, 0.6) is 5.75 Å². The lowest BCUT2D eigenvalue weighted by Crippen LogP contribution is -2.47. The van der Waals surface area contributed by atoms with Crippen molar-refractivity contribution in [2.24, 2.45) is 28.9 Å². The quantitative estimate of drug-likeness (QED) is 0.323. The van der Waals surface area contributed by atoms with Crippen LogP contribution in [0.3, 0.4) is 0 Å². The number of nitrogens with two attached hydrogens (primary N) is 1. The number of carbonyl (C=O) groups excluding carboxylic acids is 1. The third-order valence-corrected chi connectivity index (χ3v) is 9.85. The lowest BCUT2D eigenvalue weighted by Gasteiger charge is -2.53. The van der Waals surface area contributed by atoms with E-state index in [0.29, 0.717) is 35.8 Å². The zero-order chi connectivity index (χ0) is 25.7. The highest BCUT2D eigenvalue weighted by molar-refractivity contribution is 5.75. The first-order valence-electron chi connectivity index (χ1n) is 14.5. The van der Waals surface area contributed by atoms with Crippen molar-refractivity contribution >= 4 is 5.91 Å². The standard InChI is InChI=1S/C30H49N3O3/c1-30-14-13-25-24-10-9-23(34)20-22(24)19-21(29(25)26(30)11-12-27(30)35)7-3-4-8-28(36)32-16-6-18-33(2)17-5-15-31/h9-10,20-21,25-27,29,34-35H,3-8,11-19,31H2,1-2H3,(H,32,36)/t21-,25-,26+,27+,29-,30+/m1/s1. The van der Waals surface area contributed by atoms with Crippen LogP contribution in [0.15, 0.2) is 18.2 Å². The lowest BCUT2D eigenvalue weighted by molar-refractivity contribution is -0.121. The first kappa shape index (κ1) is 27.4. The summed E-state index contributed by atoms with van der Waals surface area (Å²) in [7, 11) is 2.11. The monoisotopic (exact) mass is 499 g/mol. The number of hydrogen-bond acceptors (Lipinski definition) is 5. The number of nitrogens with zero attached hydrogens (tertiary/aromatic N) is 1. The molecule has 4 rings (SSSR count). The van der Waals surface area contributed by atoms with E-state index in [2.05, 4.69) is 30.3 Å². The molecule has 202 valence electrons. The normalized spacial score (nSPS) is 31.1. The molecule has 3 aliphatic carbocycles. The van der Waals surface area contributed by atoms with Gasteiger partial charge in [0.2, 0.25) is 5.91 Å². The summed E-state index contributed by atoms with van der Waals surface area (Å²) < 4.78 is 0. The molecule has 0 radical (unpaired) electrons. The van der Waals surface area contributed by atoms with E-state index >= 15 is 0 Å². The Kier molecular flexibility index (Phi) is 9.35. The van der Waals surface area contributed by atoms with Crippen LogP contribution in [0.25, 0.3) is 0 Å². The summed E-state index contributed by atoms with van der Waals surface area (Å²) >= 11 is 0. The molecule has 0 unspecified atom stereocenters. The summed E-state index contributed by atoms with van der Waals surface area (Å²) in [5.74, 6) is 2.80. The molecule has 6 nitrogen and oxygen atoms in total. The van der Waals surface area contributed by atoms with Crippen molar-refractivity contribution in [1.82, 2.24) is 10.2 Å². The number of aromatic hydroxyl groups is 1. The molecule has 36 heavy (non-hydrogen) atoms. The van der Waals surface area contributed by atoms with Crippen LogP contribution < -0.4 is 11.1 Å². The van der Waals surface area contributed by atoms with E-state index in [1.165, 1.54) is 11.1 Å². The minimum atomic E-state index is -0.172. The van der Waals surface area contributed by atoms with Gasteiger partial charge in [0.15, 0.2) is 0 Å². The van der Waals surface area contributed by atoms with Gasteiger partial charge in [-0.3, -0.25) is 4.79 Å². The van der Waals surface area contributed by atoms with Gasteiger partial charge in [-0.1, -0.05) is 19.4 Å². The van der Waals surface area contributed by atoms with Gasteiger partial charge in [0.1, 0.15) is 5.75 Å². The first-order chi connectivity index (χ1) is 17.3. The number of carbonyl (C=O) groups is 1. The summed E-state index contributed by atoms with van der Waals surface area (Å²) in [6.07, 6.45) is 10.8. The largest absolute Gasteiger partial charge is 0.508 e. The second-order valence-corrected chi connectivity index (χ2v) is 12.2. The molecular formula is C30H49N3O3.